The average molecular weight is 624 g/mol. The van der Waals surface area contributed by atoms with Gasteiger partial charge in [0.1, 0.15) is 5.75 Å². The molecule has 0 radical (unpaired) electrons. The number of aromatic hydroxyl groups is 1. The molecule has 5 aromatic rings. The first-order valence-electron chi connectivity index (χ1n) is 15.2. The van der Waals surface area contributed by atoms with E-state index in [-0.39, 0.29) is 23.6 Å². The highest BCUT2D eigenvalue weighted by Crippen LogP contribution is 2.39. The van der Waals surface area contributed by atoms with Crippen molar-refractivity contribution in [3.05, 3.63) is 150 Å². The van der Waals surface area contributed by atoms with E-state index in [1.54, 1.807) is 48.5 Å². The van der Waals surface area contributed by atoms with Crippen LogP contribution < -0.4 is 26.6 Å². The Balaban J connectivity index is 1.34. The van der Waals surface area contributed by atoms with E-state index in [1.807, 2.05) is 73.7 Å². The van der Waals surface area contributed by atoms with Crippen molar-refractivity contribution in [3.63, 3.8) is 0 Å². The van der Waals surface area contributed by atoms with Crippen LogP contribution in [0.3, 0.4) is 0 Å². The van der Waals surface area contributed by atoms with Crippen LogP contribution in [0, 0.1) is 0 Å². The summed E-state index contributed by atoms with van der Waals surface area (Å²) in [6.45, 7) is 2.02. The Bertz CT molecular complexity index is 1960. The van der Waals surface area contributed by atoms with Crippen molar-refractivity contribution in [2.45, 2.75) is 19.4 Å². The standard InChI is InChI=1S/C38H33N5O4/c1-2-30(24-11-5-3-6-12-24)41-36(45)26-17-22-31-29(23-26)34(37(46)42-31)35(25-13-7-4-8-14-25)40-32-15-9-10-16-33(32)43-38(47)39-27-18-20-28(44)21-19-27/h3-23,30,40,44H,2H2,1H3,(H,41,45)(H,42,46)(H2,39,43,47)/b35-34-/t30-/m0/s1. The smallest absolute Gasteiger partial charge is 0.323 e. The lowest BCUT2D eigenvalue weighted by molar-refractivity contribution is -0.110. The van der Waals surface area contributed by atoms with E-state index in [4.69, 9.17) is 0 Å². The molecule has 4 amide bonds. The fraction of sp³-hybridized carbons (Fsp3) is 0.0789. The highest BCUT2D eigenvalue weighted by Gasteiger charge is 2.30. The number of fused-ring (bicyclic) bond motifs is 1. The molecule has 6 rings (SSSR count). The Morgan fingerprint density at radius 1 is 0.723 bits per heavy atom. The lowest BCUT2D eigenvalue weighted by atomic mass is 9.97. The van der Waals surface area contributed by atoms with Gasteiger partial charge in [0.2, 0.25) is 0 Å². The summed E-state index contributed by atoms with van der Waals surface area (Å²) < 4.78 is 0. The molecule has 1 aliphatic rings. The van der Waals surface area contributed by atoms with Gasteiger partial charge in [0.05, 0.1) is 28.7 Å². The molecule has 5 aromatic carbocycles. The number of hydrogen-bond acceptors (Lipinski definition) is 5. The third-order valence-electron chi connectivity index (χ3n) is 7.81. The van der Waals surface area contributed by atoms with Crippen molar-refractivity contribution in [2.75, 3.05) is 21.3 Å². The maximum atomic E-state index is 13.6. The molecular formula is C38H33N5O4. The molecule has 0 aromatic heterocycles. The van der Waals surface area contributed by atoms with Crippen molar-refractivity contribution >= 4 is 51.9 Å². The zero-order valence-electron chi connectivity index (χ0n) is 25.6. The predicted molar refractivity (Wildman–Crippen MR) is 186 cm³/mol. The Labute approximate surface area is 272 Å². The zero-order chi connectivity index (χ0) is 32.8. The third-order valence-corrected chi connectivity index (χ3v) is 7.81. The van der Waals surface area contributed by atoms with E-state index in [9.17, 15) is 19.5 Å². The van der Waals surface area contributed by atoms with Gasteiger partial charge in [-0.15, -0.1) is 0 Å². The fourth-order valence-electron chi connectivity index (χ4n) is 5.45. The van der Waals surface area contributed by atoms with E-state index in [1.165, 1.54) is 12.1 Å². The number of phenols is 1. The van der Waals surface area contributed by atoms with Crippen LogP contribution in [0.4, 0.5) is 27.5 Å². The number of para-hydroxylation sites is 2. The number of benzene rings is 5. The molecule has 0 fully saturated rings. The summed E-state index contributed by atoms with van der Waals surface area (Å²) in [5, 5.41) is 24.6. The molecule has 6 N–H and O–H groups in total. The summed E-state index contributed by atoms with van der Waals surface area (Å²) in [6, 6.07) is 37.0. The maximum absolute atomic E-state index is 13.6. The van der Waals surface area contributed by atoms with Crippen LogP contribution in [-0.2, 0) is 4.79 Å². The second-order valence-corrected chi connectivity index (χ2v) is 11.0. The number of carbonyl (C=O) groups is 3. The lowest BCUT2D eigenvalue weighted by Crippen LogP contribution is -2.28. The molecule has 0 unspecified atom stereocenters. The number of nitrogens with one attached hydrogen (secondary N) is 5. The van der Waals surface area contributed by atoms with Gasteiger partial charge in [0, 0.05) is 22.5 Å². The first-order chi connectivity index (χ1) is 22.9. The topological polar surface area (TPSA) is 132 Å². The molecule has 0 aliphatic carbocycles. The Morgan fingerprint density at radius 3 is 2.04 bits per heavy atom. The van der Waals surface area contributed by atoms with E-state index >= 15 is 0 Å². The van der Waals surface area contributed by atoms with Gasteiger partial charge in [-0.05, 0) is 72.1 Å². The van der Waals surface area contributed by atoms with Crippen LogP contribution >= 0.6 is 0 Å². The monoisotopic (exact) mass is 623 g/mol. The SMILES string of the molecule is CC[C@H](NC(=O)c1ccc2c(c1)/C(=C(/Nc1ccccc1NC(=O)Nc1ccc(O)cc1)c1ccccc1)C(=O)N2)c1ccccc1. The number of rotatable bonds is 9. The maximum Gasteiger partial charge on any atom is 0.323 e. The molecule has 9 heteroatoms. The normalized spacial score (nSPS) is 13.5. The van der Waals surface area contributed by atoms with Crippen LogP contribution in [0.15, 0.2) is 127 Å². The zero-order valence-corrected chi connectivity index (χ0v) is 25.6. The number of urea groups is 1. The molecule has 234 valence electrons. The fourth-order valence-corrected chi connectivity index (χ4v) is 5.45. The first kappa shape index (κ1) is 30.7. The molecule has 1 aliphatic heterocycles. The van der Waals surface area contributed by atoms with Gasteiger partial charge in [0.25, 0.3) is 11.8 Å². The summed E-state index contributed by atoms with van der Waals surface area (Å²) >= 11 is 0. The number of carbonyl (C=O) groups excluding carboxylic acids is 3. The van der Waals surface area contributed by atoms with Gasteiger partial charge in [0.15, 0.2) is 0 Å². The summed E-state index contributed by atoms with van der Waals surface area (Å²) in [6.07, 6.45) is 0.717. The molecule has 0 saturated heterocycles. The summed E-state index contributed by atoms with van der Waals surface area (Å²) in [4.78, 5) is 40.0. The minimum Gasteiger partial charge on any atom is -0.508 e. The molecule has 0 bridgehead atoms. The van der Waals surface area contributed by atoms with Crippen molar-refractivity contribution < 1.29 is 19.5 Å². The van der Waals surface area contributed by atoms with Crippen molar-refractivity contribution in [1.29, 1.82) is 0 Å². The Hall–Kier alpha value is -6.35. The van der Waals surface area contributed by atoms with Crippen molar-refractivity contribution in [1.82, 2.24) is 5.32 Å². The molecule has 1 heterocycles. The number of anilines is 4. The molecule has 1 atom stereocenters. The van der Waals surface area contributed by atoms with Crippen LogP contribution in [0.2, 0.25) is 0 Å². The minimum absolute atomic E-state index is 0.0922. The summed E-state index contributed by atoms with van der Waals surface area (Å²) in [7, 11) is 0. The van der Waals surface area contributed by atoms with E-state index in [2.05, 4.69) is 26.6 Å². The van der Waals surface area contributed by atoms with Gasteiger partial charge in [-0.25, -0.2) is 4.79 Å². The average Bonchev–Trinajstić information content (AvgIpc) is 3.43. The summed E-state index contributed by atoms with van der Waals surface area (Å²) in [5.74, 6) is -0.477. The lowest BCUT2D eigenvalue weighted by Gasteiger charge is -2.19. The van der Waals surface area contributed by atoms with E-state index in [0.29, 0.717) is 51.6 Å². The van der Waals surface area contributed by atoms with Gasteiger partial charge >= 0.3 is 6.03 Å². The number of amides is 4. The van der Waals surface area contributed by atoms with Crippen molar-refractivity contribution in [3.8, 4) is 5.75 Å². The van der Waals surface area contributed by atoms with Crippen LogP contribution in [0.25, 0.3) is 11.3 Å². The Kier molecular flexibility index (Phi) is 8.97. The van der Waals surface area contributed by atoms with Crippen LogP contribution in [-0.4, -0.2) is 23.0 Å². The molecule has 0 saturated carbocycles. The van der Waals surface area contributed by atoms with Crippen LogP contribution in [0.5, 0.6) is 5.75 Å². The number of phenolic OH excluding ortho intramolecular Hbond substituents is 1. The van der Waals surface area contributed by atoms with Gasteiger partial charge in [-0.1, -0.05) is 79.7 Å². The van der Waals surface area contributed by atoms with E-state index in [0.717, 1.165) is 11.1 Å². The second kappa shape index (κ2) is 13.7. The van der Waals surface area contributed by atoms with E-state index < -0.39 is 6.03 Å². The minimum atomic E-state index is -0.487. The van der Waals surface area contributed by atoms with Gasteiger partial charge < -0.3 is 31.7 Å². The van der Waals surface area contributed by atoms with Gasteiger partial charge in [-0.2, -0.15) is 0 Å². The highest BCUT2D eigenvalue weighted by atomic mass is 16.3. The van der Waals surface area contributed by atoms with Gasteiger partial charge in [-0.3, -0.25) is 9.59 Å². The number of hydrogen-bond donors (Lipinski definition) is 6. The molecular weight excluding hydrogens is 590 g/mol. The second-order valence-electron chi connectivity index (χ2n) is 11.0. The Morgan fingerprint density at radius 2 is 1.36 bits per heavy atom. The largest absolute Gasteiger partial charge is 0.508 e. The molecule has 9 nitrogen and oxygen atoms in total. The quantitative estimate of drug-likeness (QED) is 0.0735. The first-order valence-corrected chi connectivity index (χ1v) is 15.2. The molecule has 0 spiro atoms. The summed E-state index contributed by atoms with van der Waals surface area (Å²) in [5.41, 5.74) is 5.73. The molecule has 47 heavy (non-hydrogen) atoms. The highest BCUT2D eigenvalue weighted by molar-refractivity contribution is 6.37. The predicted octanol–water partition coefficient (Wildman–Crippen LogP) is 7.85. The van der Waals surface area contributed by atoms with Crippen molar-refractivity contribution in [2.24, 2.45) is 0 Å². The third kappa shape index (κ3) is 6.99. The van der Waals surface area contributed by atoms with Crippen LogP contribution in [0.1, 0.15) is 46.4 Å².